The minimum absolute atomic E-state index is 0.213. The number of thiazole rings is 1. The van der Waals surface area contributed by atoms with Gasteiger partial charge in [0.25, 0.3) is 5.56 Å². The molecule has 0 saturated carbocycles. The Bertz CT molecular complexity index is 1470. The summed E-state index contributed by atoms with van der Waals surface area (Å²) in [6.45, 7) is 3.71. The Labute approximate surface area is 206 Å². The summed E-state index contributed by atoms with van der Waals surface area (Å²) in [5, 5.41) is 0. The lowest BCUT2D eigenvalue weighted by Gasteiger charge is -2.24. The van der Waals surface area contributed by atoms with Crippen molar-refractivity contribution in [2.45, 2.75) is 19.9 Å². The van der Waals surface area contributed by atoms with Gasteiger partial charge in [-0.05, 0) is 55.8 Å². The number of carbonyl (C=O) groups is 1. The van der Waals surface area contributed by atoms with Gasteiger partial charge in [-0.25, -0.2) is 9.79 Å². The third-order valence-corrected chi connectivity index (χ3v) is 6.65. The van der Waals surface area contributed by atoms with Gasteiger partial charge in [-0.15, -0.1) is 0 Å². The zero-order valence-electron chi connectivity index (χ0n) is 20.2. The van der Waals surface area contributed by atoms with Crippen molar-refractivity contribution in [2.75, 3.05) is 27.9 Å². The third-order valence-electron chi connectivity index (χ3n) is 5.67. The Kier molecular flexibility index (Phi) is 7.07. The number of esters is 1. The van der Waals surface area contributed by atoms with Crippen molar-refractivity contribution >= 4 is 23.4 Å². The van der Waals surface area contributed by atoms with Crippen molar-refractivity contribution in [1.82, 2.24) is 4.57 Å². The summed E-state index contributed by atoms with van der Waals surface area (Å²) in [6.07, 6.45) is 1.75. The maximum atomic E-state index is 13.7. The maximum absolute atomic E-state index is 13.7. The Hall–Kier alpha value is -3.85. The molecule has 0 radical (unpaired) electrons. The topological polar surface area (TPSA) is 88.4 Å². The summed E-state index contributed by atoms with van der Waals surface area (Å²) in [6, 6.07) is 11.9. The average molecular weight is 495 g/mol. The molecule has 0 aliphatic carbocycles. The van der Waals surface area contributed by atoms with Gasteiger partial charge >= 0.3 is 5.97 Å². The largest absolute Gasteiger partial charge is 0.497 e. The number of allylic oxidation sites excluding steroid dienone is 1. The van der Waals surface area contributed by atoms with E-state index in [0.717, 1.165) is 5.56 Å². The van der Waals surface area contributed by atoms with E-state index in [-0.39, 0.29) is 12.2 Å². The molecule has 0 spiro atoms. The van der Waals surface area contributed by atoms with Gasteiger partial charge in [0.2, 0.25) is 0 Å². The van der Waals surface area contributed by atoms with Gasteiger partial charge < -0.3 is 18.9 Å². The lowest BCUT2D eigenvalue weighted by Crippen LogP contribution is -2.39. The highest BCUT2D eigenvalue weighted by atomic mass is 32.1. The van der Waals surface area contributed by atoms with Crippen molar-refractivity contribution < 1.29 is 23.7 Å². The van der Waals surface area contributed by atoms with Crippen LogP contribution in [0.1, 0.15) is 31.0 Å². The van der Waals surface area contributed by atoms with E-state index < -0.39 is 12.0 Å². The number of hydrogen-bond acceptors (Lipinski definition) is 8. The zero-order valence-corrected chi connectivity index (χ0v) is 21.0. The normalized spacial score (nSPS) is 15.3. The van der Waals surface area contributed by atoms with Gasteiger partial charge in [0.05, 0.1) is 49.8 Å². The van der Waals surface area contributed by atoms with E-state index in [0.29, 0.717) is 43.4 Å². The molecule has 1 aromatic heterocycles. The summed E-state index contributed by atoms with van der Waals surface area (Å²) in [4.78, 5) is 31.8. The number of hydrogen-bond donors (Lipinski definition) is 0. The van der Waals surface area contributed by atoms with Crippen molar-refractivity contribution in [1.29, 1.82) is 0 Å². The van der Waals surface area contributed by atoms with E-state index in [2.05, 4.69) is 4.99 Å². The summed E-state index contributed by atoms with van der Waals surface area (Å²) in [5.74, 6) is 1.41. The Morgan fingerprint density at radius 2 is 1.74 bits per heavy atom. The predicted octanol–water partition coefficient (Wildman–Crippen LogP) is 2.82. The smallest absolute Gasteiger partial charge is 0.338 e. The van der Waals surface area contributed by atoms with Crippen LogP contribution in [0.25, 0.3) is 6.08 Å². The number of carbonyl (C=O) groups excluding carboxylic acids is 1. The summed E-state index contributed by atoms with van der Waals surface area (Å²) < 4.78 is 23.4. The fourth-order valence-electron chi connectivity index (χ4n) is 3.99. The summed E-state index contributed by atoms with van der Waals surface area (Å²) >= 11 is 1.25. The van der Waals surface area contributed by atoms with Crippen LogP contribution < -0.4 is 29.1 Å². The minimum Gasteiger partial charge on any atom is -0.497 e. The molecule has 0 fully saturated rings. The van der Waals surface area contributed by atoms with Gasteiger partial charge in [-0.2, -0.15) is 0 Å². The highest BCUT2D eigenvalue weighted by Crippen LogP contribution is 2.31. The van der Waals surface area contributed by atoms with Gasteiger partial charge in [0.1, 0.15) is 17.2 Å². The average Bonchev–Trinajstić information content (AvgIpc) is 3.17. The van der Waals surface area contributed by atoms with Gasteiger partial charge in [-0.1, -0.05) is 23.5 Å². The molecule has 35 heavy (non-hydrogen) atoms. The molecule has 0 bridgehead atoms. The first-order valence-corrected chi connectivity index (χ1v) is 11.8. The van der Waals surface area contributed by atoms with E-state index in [1.165, 1.54) is 11.3 Å². The van der Waals surface area contributed by atoms with Crippen LogP contribution in [0.4, 0.5) is 0 Å². The van der Waals surface area contributed by atoms with Crippen LogP contribution in [0.15, 0.2) is 63.5 Å². The highest BCUT2D eigenvalue weighted by molar-refractivity contribution is 7.07. The van der Waals surface area contributed by atoms with Crippen LogP contribution in [0.2, 0.25) is 0 Å². The van der Waals surface area contributed by atoms with Crippen LogP contribution in [-0.4, -0.2) is 38.5 Å². The standard InChI is InChI=1S/C26H26N2O6S/c1-6-34-25(30)22-15(2)27-26-28(23(22)16-7-9-18(31-3)10-8-16)24(29)21(35-26)14-17-13-19(32-4)11-12-20(17)33-5/h7-14,23H,6H2,1-5H3/b21-14-. The van der Waals surface area contributed by atoms with E-state index in [1.54, 1.807) is 76.2 Å². The molecule has 2 aromatic carbocycles. The van der Waals surface area contributed by atoms with E-state index in [4.69, 9.17) is 18.9 Å². The molecule has 0 amide bonds. The van der Waals surface area contributed by atoms with Crippen molar-refractivity contribution in [3.8, 4) is 17.2 Å². The van der Waals surface area contributed by atoms with Gasteiger partial charge in [0.15, 0.2) is 4.80 Å². The zero-order chi connectivity index (χ0) is 25.1. The molecule has 9 heteroatoms. The number of aromatic nitrogens is 1. The number of ether oxygens (including phenoxy) is 4. The van der Waals surface area contributed by atoms with Crippen LogP contribution in [0, 0.1) is 0 Å². The molecule has 0 N–H and O–H groups in total. The summed E-state index contributed by atoms with van der Waals surface area (Å²) in [5.41, 5.74) is 2.01. The van der Waals surface area contributed by atoms with Crippen LogP contribution in [-0.2, 0) is 9.53 Å². The molecule has 4 rings (SSSR count). The van der Waals surface area contributed by atoms with Crippen molar-refractivity contribution in [2.24, 2.45) is 4.99 Å². The summed E-state index contributed by atoms with van der Waals surface area (Å²) in [7, 11) is 4.73. The molecule has 0 saturated heterocycles. The molecule has 2 heterocycles. The number of fused-ring (bicyclic) bond motifs is 1. The van der Waals surface area contributed by atoms with Gasteiger partial charge in [0, 0.05) is 5.56 Å². The lowest BCUT2D eigenvalue weighted by atomic mass is 9.96. The Morgan fingerprint density at radius 1 is 1.06 bits per heavy atom. The molecule has 1 atom stereocenters. The van der Waals surface area contributed by atoms with E-state index in [9.17, 15) is 9.59 Å². The fraction of sp³-hybridized carbons (Fsp3) is 0.269. The molecule has 182 valence electrons. The molecule has 1 aliphatic rings. The third kappa shape index (κ3) is 4.59. The van der Waals surface area contributed by atoms with Gasteiger partial charge in [-0.3, -0.25) is 9.36 Å². The SMILES string of the molecule is CCOC(=O)C1=C(C)N=c2s/c(=C\c3cc(OC)ccc3OC)c(=O)n2C1c1ccc(OC)cc1. The second-order valence-electron chi connectivity index (χ2n) is 7.68. The Balaban J connectivity index is 1.95. The lowest BCUT2D eigenvalue weighted by molar-refractivity contribution is -0.139. The second-order valence-corrected chi connectivity index (χ2v) is 8.69. The molecule has 1 aliphatic heterocycles. The number of benzene rings is 2. The molecule has 8 nitrogen and oxygen atoms in total. The molecular weight excluding hydrogens is 468 g/mol. The number of rotatable bonds is 7. The Morgan fingerprint density at radius 3 is 2.37 bits per heavy atom. The maximum Gasteiger partial charge on any atom is 0.338 e. The van der Waals surface area contributed by atoms with Crippen LogP contribution in [0.3, 0.4) is 0 Å². The molecule has 3 aromatic rings. The first-order chi connectivity index (χ1) is 16.9. The first-order valence-electron chi connectivity index (χ1n) is 11.0. The highest BCUT2D eigenvalue weighted by Gasteiger charge is 2.33. The van der Waals surface area contributed by atoms with E-state index in [1.807, 2.05) is 12.1 Å². The number of nitrogens with zero attached hydrogens (tertiary/aromatic N) is 2. The van der Waals surface area contributed by atoms with Crippen LogP contribution >= 0.6 is 11.3 Å². The predicted molar refractivity (Wildman–Crippen MR) is 133 cm³/mol. The monoisotopic (exact) mass is 494 g/mol. The second kappa shape index (κ2) is 10.2. The quantitative estimate of drug-likeness (QED) is 0.470. The van der Waals surface area contributed by atoms with E-state index >= 15 is 0 Å². The molecule has 1 unspecified atom stereocenters. The minimum atomic E-state index is -0.689. The van der Waals surface area contributed by atoms with Crippen molar-refractivity contribution in [3.63, 3.8) is 0 Å². The van der Waals surface area contributed by atoms with Crippen molar-refractivity contribution in [3.05, 3.63) is 84.5 Å². The number of methoxy groups -OCH3 is 3. The first kappa shape index (κ1) is 24.3. The van der Waals surface area contributed by atoms with Crippen LogP contribution in [0.5, 0.6) is 17.2 Å². The fourth-order valence-corrected chi connectivity index (χ4v) is 5.02. The molecular formula is C26H26N2O6S.